The van der Waals surface area contributed by atoms with Crippen molar-refractivity contribution in [1.29, 1.82) is 0 Å². The summed E-state index contributed by atoms with van der Waals surface area (Å²) in [5.74, 6) is 0. The molecule has 1 aromatic heterocycles. The van der Waals surface area contributed by atoms with Crippen LogP contribution in [0.25, 0.3) is 0 Å². The van der Waals surface area contributed by atoms with Crippen LogP contribution >= 0.6 is 33.9 Å². The fourth-order valence-electron chi connectivity index (χ4n) is 1.56. The summed E-state index contributed by atoms with van der Waals surface area (Å²) in [7, 11) is 0. The van der Waals surface area contributed by atoms with Crippen LogP contribution in [-0.2, 0) is 6.18 Å². The molecule has 1 aromatic carbocycles. The predicted octanol–water partition coefficient (Wildman–Crippen LogP) is 4.42. The monoisotopic (exact) mass is 383 g/mol. The molecule has 0 fully saturated rings. The molecule has 0 radical (unpaired) electrons. The highest BCUT2D eigenvalue weighted by Gasteiger charge is 2.30. The van der Waals surface area contributed by atoms with Crippen LogP contribution in [0.1, 0.15) is 22.7 Å². The van der Waals surface area contributed by atoms with E-state index in [0.29, 0.717) is 5.56 Å². The molecule has 0 saturated carbocycles. The Kier molecular flexibility index (Phi) is 3.98. The van der Waals surface area contributed by atoms with E-state index in [1.807, 2.05) is 11.4 Å². The maximum Gasteiger partial charge on any atom is 0.416 e. The van der Waals surface area contributed by atoms with Crippen molar-refractivity contribution in [2.45, 2.75) is 12.2 Å². The smallest absolute Gasteiger partial charge is 0.320 e. The van der Waals surface area contributed by atoms with E-state index in [9.17, 15) is 13.2 Å². The second-order valence-corrected chi connectivity index (χ2v) is 6.59. The predicted molar refractivity (Wildman–Crippen MR) is 74.5 cm³/mol. The van der Waals surface area contributed by atoms with Crippen LogP contribution < -0.4 is 5.73 Å². The lowest BCUT2D eigenvalue weighted by Gasteiger charge is -2.12. The molecular weight excluding hydrogens is 374 g/mol. The van der Waals surface area contributed by atoms with Crippen molar-refractivity contribution in [3.8, 4) is 0 Å². The molecule has 18 heavy (non-hydrogen) atoms. The van der Waals surface area contributed by atoms with Gasteiger partial charge in [0, 0.05) is 0 Å². The van der Waals surface area contributed by atoms with E-state index in [0.717, 1.165) is 20.6 Å². The molecule has 2 aromatic rings. The Balaban J connectivity index is 2.24. The molecule has 1 atom stereocenters. The Bertz CT molecular complexity index is 533. The summed E-state index contributed by atoms with van der Waals surface area (Å²) >= 11 is 3.74. The number of nitrogens with two attached hydrogens (primary N) is 1. The van der Waals surface area contributed by atoms with Crippen LogP contribution in [-0.4, -0.2) is 0 Å². The number of hydrogen-bond donors (Lipinski definition) is 1. The minimum absolute atomic E-state index is 0.382. The summed E-state index contributed by atoms with van der Waals surface area (Å²) in [6, 6.07) is 6.54. The van der Waals surface area contributed by atoms with Gasteiger partial charge in [0.1, 0.15) is 0 Å². The first kappa shape index (κ1) is 13.8. The van der Waals surface area contributed by atoms with E-state index in [4.69, 9.17) is 5.73 Å². The topological polar surface area (TPSA) is 26.0 Å². The summed E-state index contributed by atoms with van der Waals surface area (Å²) < 4.78 is 38.4. The van der Waals surface area contributed by atoms with E-state index in [1.165, 1.54) is 12.1 Å². The maximum atomic E-state index is 12.4. The normalized spacial score (nSPS) is 13.6. The first-order valence-electron chi connectivity index (χ1n) is 5.04. The first-order valence-corrected chi connectivity index (χ1v) is 7.00. The lowest BCUT2D eigenvalue weighted by atomic mass is 10.0. The molecule has 96 valence electrons. The van der Waals surface area contributed by atoms with Crippen molar-refractivity contribution in [2.75, 3.05) is 0 Å². The van der Waals surface area contributed by atoms with Crippen LogP contribution in [0, 0.1) is 2.88 Å². The van der Waals surface area contributed by atoms with Crippen molar-refractivity contribution in [3.63, 3.8) is 0 Å². The lowest BCUT2D eigenvalue weighted by molar-refractivity contribution is -0.137. The summed E-state index contributed by atoms with van der Waals surface area (Å²) in [6.07, 6.45) is -4.31. The molecule has 0 aliphatic carbocycles. The molecule has 0 aliphatic heterocycles. The first-order chi connectivity index (χ1) is 8.38. The highest BCUT2D eigenvalue weighted by molar-refractivity contribution is 14.1. The van der Waals surface area contributed by atoms with Gasteiger partial charge in [-0.15, -0.1) is 11.3 Å². The highest BCUT2D eigenvalue weighted by Crippen LogP contribution is 2.31. The van der Waals surface area contributed by atoms with E-state index in [-0.39, 0.29) is 6.04 Å². The van der Waals surface area contributed by atoms with Crippen LogP contribution in [0.15, 0.2) is 35.7 Å². The molecule has 6 heteroatoms. The third-order valence-corrected chi connectivity index (χ3v) is 4.35. The fourth-order valence-corrected chi connectivity index (χ4v) is 2.97. The van der Waals surface area contributed by atoms with Crippen molar-refractivity contribution in [1.82, 2.24) is 0 Å². The second-order valence-electron chi connectivity index (χ2n) is 3.78. The van der Waals surface area contributed by atoms with E-state index >= 15 is 0 Å². The summed E-state index contributed by atoms with van der Waals surface area (Å²) in [4.78, 5) is 0. The van der Waals surface area contributed by atoms with Gasteiger partial charge in [-0.3, -0.25) is 0 Å². The van der Waals surface area contributed by atoms with Gasteiger partial charge in [-0.25, -0.2) is 0 Å². The van der Waals surface area contributed by atoms with Crippen molar-refractivity contribution in [2.24, 2.45) is 5.73 Å². The van der Waals surface area contributed by atoms with Crippen LogP contribution in [0.5, 0.6) is 0 Å². The van der Waals surface area contributed by atoms with Crippen LogP contribution in [0.3, 0.4) is 0 Å². The Hall–Kier alpha value is -0.600. The zero-order valence-corrected chi connectivity index (χ0v) is 12.0. The minimum atomic E-state index is -4.31. The second kappa shape index (κ2) is 5.18. The van der Waals surface area contributed by atoms with Gasteiger partial charge in [-0.2, -0.15) is 13.2 Å². The van der Waals surface area contributed by atoms with Gasteiger partial charge in [0.05, 0.1) is 14.5 Å². The zero-order valence-electron chi connectivity index (χ0n) is 9.04. The number of rotatable bonds is 2. The lowest BCUT2D eigenvalue weighted by Crippen LogP contribution is -2.12. The molecule has 0 bridgehead atoms. The number of halogens is 4. The van der Waals surface area contributed by atoms with Crippen molar-refractivity contribution < 1.29 is 13.2 Å². The molecular formula is C12H9F3INS. The minimum Gasteiger partial charge on any atom is -0.320 e. The van der Waals surface area contributed by atoms with E-state index in [2.05, 4.69) is 22.6 Å². The fraction of sp³-hybridized carbons (Fsp3) is 0.167. The van der Waals surface area contributed by atoms with Gasteiger partial charge in [-0.1, -0.05) is 12.1 Å². The van der Waals surface area contributed by atoms with Crippen LogP contribution in [0.2, 0.25) is 0 Å². The molecule has 0 spiro atoms. The average Bonchev–Trinajstić information content (AvgIpc) is 2.74. The van der Waals surface area contributed by atoms with Gasteiger partial charge in [0.25, 0.3) is 0 Å². The number of alkyl halides is 3. The molecule has 2 rings (SSSR count). The van der Waals surface area contributed by atoms with Gasteiger partial charge >= 0.3 is 6.18 Å². The van der Waals surface area contributed by atoms with Gasteiger partial charge in [0.2, 0.25) is 0 Å². The summed E-state index contributed by atoms with van der Waals surface area (Å²) in [5.41, 5.74) is 6.96. The molecule has 1 heterocycles. The number of thiophene rings is 1. The molecule has 2 N–H and O–H groups in total. The Morgan fingerprint density at radius 3 is 2.17 bits per heavy atom. The van der Waals surface area contributed by atoms with Crippen molar-refractivity contribution >= 4 is 33.9 Å². The zero-order chi connectivity index (χ0) is 13.3. The number of benzene rings is 1. The van der Waals surface area contributed by atoms with Crippen molar-refractivity contribution in [3.05, 3.63) is 55.3 Å². The maximum absolute atomic E-state index is 12.4. The van der Waals surface area contributed by atoms with Crippen LogP contribution in [0.4, 0.5) is 13.2 Å². The Morgan fingerprint density at radius 2 is 1.72 bits per heavy atom. The molecule has 0 amide bonds. The largest absolute Gasteiger partial charge is 0.416 e. The van der Waals surface area contributed by atoms with E-state index in [1.54, 1.807) is 11.3 Å². The third kappa shape index (κ3) is 3.04. The molecule has 0 aliphatic rings. The van der Waals surface area contributed by atoms with Gasteiger partial charge < -0.3 is 5.73 Å². The standard InChI is InChI=1S/C12H9F3INS/c13-12(14,15)9-3-1-7(2-4-9)11(17)8-5-10(16)18-6-8/h1-6,11H,17H2. The number of hydrogen-bond acceptors (Lipinski definition) is 2. The Morgan fingerprint density at radius 1 is 1.11 bits per heavy atom. The average molecular weight is 383 g/mol. The molecule has 1 unspecified atom stereocenters. The SMILES string of the molecule is NC(c1ccc(C(F)(F)F)cc1)c1csc(I)c1. The third-order valence-electron chi connectivity index (χ3n) is 2.54. The molecule has 0 saturated heterocycles. The van der Waals surface area contributed by atoms with Gasteiger partial charge in [-0.05, 0) is 57.3 Å². The molecule has 1 nitrogen and oxygen atoms in total. The summed E-state index contributed by atoms with van der Waals surface area (Å²) in [6.45, 7) is 0. The van der Waals surface area contributed by atoms with Gasteiger partial charge in [0.15, 0.2) is 0 Å². The Labute approximate surface area is 120 Å². The summed E-state index contributed by atoms with van der Waals surface area (Å²) in [5, 5.41) is 1.92. The highest BCUT2D eigenvalue weighted by atomic mass is 127. The van der Waals surface area contributed by atoms with E-state index < -0.39 is 11.7 Å². The quantitative estimate of drug-likeness (QED) is 0.764.